The summed E-state index contributed by atoms with van der Waals surface area (Å²) in [5, 5.41) is 10.1. The number of nitrogens with zero attached hydrogens (tertiary/aromatic N) is 4. The number of piperidine rings is 1. The standard InChI is InChI=1S/C22H30N8O/c23-19(31)15-2-1-11-30(14-15)21-18-7-8-25-20(18)27-22(28-21)26-16-3-5-17(6-4-16)29-12-9-24-10-13-29/h3-6,15,24H,1-2,7-14H2,(H2,23,31)(H2,25,26,27,28). The lowest BCUT2D eigenvalue weighted by Crippen LogP contribution is -2.43. The Hall–Kier alpha value is -3.07. The lowest BCUT2D eigenvalue weighted by molar-refractivity contribution is -0.122. The van der Waals surface area contributed by atoms with Crippen LogP contribution in [0.15, 0.2) is 24.3 Å². The second-order valence-corrected chi connectivity index (χ2v) is 8.47. The average molecular weight is 423 g/mol. The fourth-order valence-electron chi connectivity index (χ4n) is 4.68. The molecule has 1 aromatic heterocycles. The van der Waals surface area contributed by atoms with Gasteiger partial charge in [0.15, 0.2) is 0 Å². The summed E-state index contributed by atoms with van der Waals surface area (Å²) in [7, 11) is 0. The van der Waals surface area contributed by atoms with Crippen molar-refractivity contribution in [2.24, 2.45) is 11.7 Å². The van der Waals surface area contributed by atoms with Gasteiger partial charge < -0.3 is 31.5 Å². The second kappa shape index (κ2) is 8.58. The number of fused-ring (bicyclic) bond motifs is 1. The molecule has 164 valence electrons. The van der Waals surface area contributed by atoms with E-state index < -0.39 is 0 Å². The van der Waals surface area contributed by atoms with E-state index in [0.717, 1.165) is 81.4 Å². The molecule has 9 heteroatoms. The van der Waals surface area contributed by atoms with Crippen molar-refractivity contribution in [1.82, 2.24) is 15.3 Å². The summed E-state index contributed by atoms with van der Waals surface area (Å²) in [6.45, 7) is 6.45. The minimum absolute atomic E-state index is 0.123. The maximum Gasteiger partial charge on any atom is 0.231 e. The molecule has 0 radical (unpaired) electrons. The first-order chi connectivity index (χ1) is 15.2. The average Bonchev–Trinajstić information content (AvgIpc) is 3.28. The molecular formula is C22H30N8O. The third kappa shape index (κ3) is 4.23. The van der Waals surface area contributed by atoms with Crippen LogP contribution < -0.4 is 31.5 Å². The minimum atomic E-state index is -0.226. The van der Waals surface area contributed by atoms with E-state index in [4.69, 9.17) is 15.7 Å². The molecule has 2 fully saturated rings. The molecular weight excluding hydrogens is 392 g/mol. The van der Waals surface area contributed by atoms with Gasteiger partial charge in [0.05, 0.1) is 5.92 Å². The molecule has 0 saturated carbocycles. The highest BCUT2D eigenvalue weighted by Crippen LogP contribution is 2.33. The Balaban J connectivity index is 1.36. The Labute approximate surface area is 182 Å². The number of piperazine rings is 1. The van der Waals surface area contributed by atoms with Gasteiger partial charge >= 0.3 is 0 Å². The summed E-state index contributed by atoms with van der Waals surface area (Å²) in [6, 6.07) is 8.43. The van der Waals surface area contributed by atoms with Gasteiger partial charge in [-0.05, 0) is 43.5 Å². The normalized spacial score (nSPS) is 20.8. The molecule has 9 nitrogen and oxygen atoms in total. The van der Waals surface area contributed by atoms with E-state index in [9.17, 15) is 4.79 Å². The van der Waals surface area contributed by atoms with Crippen LogP contribution in [0.4, 0.5) is 29.0 Å². The fraction of sp³-hybridized carbons (Fsp3) is 0.500. The zero-order chi connectivity index (χ0) is 21.2. The number of primary amides is 1. The number of hydrogen-bond acceptors (Lipinski definition) is 8. The fourth-order valence-corrected chi connectivity index (χ4v) is 4.68. The Kier molecular flexibility index (Phi) is 5.50. The summed E-state index contributed by atoms with van der Waals surface area (Å²) < 4.78 is 0. The Morgan fingerprint density at radius 1 is 1.06 bits per heavy atom. The van der Waals surface area contributed by atoms with Crippen molar-refractivity contribution in [3.63, 3.8) is 0 Å². The van der Waals surface area contributed by atoms with E-state index in [1.807, 2.05) is 0 Å². The monoisotopic (exact) mass is 422 g/mol. The van der Waals surface area contributed by atoms with Crippen LogP contribution >= 0.6 is 0 Å². The first-order valence-corrected chi connectivity index (χ1v) is 11.2. The summed E-state index contributed by atoms with van der Waals surface area (Å²) in [6.07, 6.45) is 2.68. The smallest absolute Gasteiger partial charge is 0.231 e. The first-order valence-electron chi connectivity index (χ1n) is 11.2. The van der Waals surface area contributed by atoms with E-state index in [1.165, 1.54) is 5.69 Å². The van der Waals surface area contributed by atoms with Gasteiger partial charge in [-0.1, -0.05) is 0 Å². The van der Waals surface area contributed by atoms with Crippen molar-refractivity contribution in [2.75, 3.05) is 66.2 Å². The number of rotatable bonds is 5. The van der Waals surface area contributed by atoms with E-state index >= 15 is 0 Å². The number of carbonyl (C=O) groups is 1. The zero-order valence-corrected chi connectivity index (χ0v) is 17.7. The van der Waals surface area contributed by atoms with E-state index in [-0.39, 0.29) is 11.8 Å². The molecule has 3 aliphatic heterocycles. The summed E-state index contributed by atoms with van der Waals surface area (Å²) in [5.74, 6) is 2.02. The van der Waals surface area contributed by atoms with Gasteiger partial charge in [0.25, 0.3) is 0 Å². The molecule has 3 aliphatic rings. The maximum absolute atomic E-state index is 11.7. The molecule has 0 spiro atoms. The number of benzene rings is 1. The number of nitrogens with two attached hydrogens (primary N) is 1. The Bertz CT molecular complexity index is 941. The van der Waals surface area contributed by atoms with Crippen LogP contribution in [0.1, 0.15) is 18.4 Å². The maximum atomic E-state index is 11.7. The third-order valence-corrected chi connectivity index (χ3v) is 6.38. The van der Waals surface area contributed by atoms with Crippen LogP contribution in [-0.4, -0.2) is 61.7 Å². The molecule has 0 aliphatic carbocycles. The van der Waals surface area contributed by atoms with Crippen molar-refractivity contribution in [3.8, 4) is 0 Å². The lowest BCUT2D eigenvalue weighted by atomic mass is 9.97. The number of aromatic nitrogens is 2. The van der Waals surface area contributed by atoms with Crippen LogP contribution in [0.2, 0.25) is 0 Å². The molecule has 1 aromatic carbocycles. The van der Waals surface area contributed by atoms with Gasteiger partial charge in [-0.25, -0.2) is 0 Å². The summed E-state index contributed by atoms with van der Waals surface area (Å²) in [4.78, 5) is 25.9. The Morgan fingerprint density at radius 3 is 2.65 bits per heavy atom. The molecule has 4 heterocycles. The molecule has 2 saturated heterocycles. The van der Waals surface area contributed by atoms with Crippen LogP contribution in [0, 0.1) is 5.92 Å². The number of anilines is 5. The van der Waals surface area contributed by atoms with Gasteiger partial charge in [0, 0.05) is 62.8 Å². The number of carbonyl (C=O) groups excluding carboxylic acids is 1. The summed E-state index contributed by atoms with van der Waals surface area (Å²) in [5.41, 5.74) is 8.90. The number of nitrogens with one attached hydrogen (secondary N) is 3. The van der Waals surface area contributed by atoms with Gasteiger partial charge in [-0.2, -0.15) is 9.97 Å². The van der Waals surface area contributed by atoms with Gasteiger partial charge in [0.2, 0.25) is 11.9 Å². The SMILES string of the molecule is NC(=O)C1CCCN(c2nc(Nc3ccc(N4CCNCC4)cc3)nc3c2CCN3)C1. The quantitative estimate of drug-likeness (QED) is 0.571. The Morgan fingerprint density at radius 2 is 1.87 bits per heavy atom. The highest BCUT2D eigenvalue weighted by atomic mass is 16.1. The predicted octanol–water partition coefficient (Wildman–Crippen LogP) is 1.30. The second-order valence-electron chi connectivity index (χ2n) is 8.47. The molecule has 31 heavy (non-hydrogen) atoms. The van der Waals surface area contributed by atoms with Gasteiger partial charge in [-0.3, -0.25) is 4.79 Å². The topological polar surface area (TPSA) is 111 Å². The van der Waals surface area contributed by atoms with Crippen LogP contribution in [0.25, 0.3) is 0 Å². The summed E-state index contributed by atoms with van der Waals surface area (Å²) >= 11 is 0. The third-order valence-electron chi connectivity index (χ3n) is 6.38. The van der Waals surface area contributed by atoms with Crippen molar-refractivity contribution in [2.45, 2.75) is 19.3 Å². The van der Waals surface area contributed by atoms with Crippen LogP contribution in [0.3, 0.4) is 0 Å². The lowest BCUT2D eigenvalue weighted by Gasteiger charge is -2.33. The van der Waals surface area contributed by atoms with Crippen molar-refractivity contribution in [3.05, 3.63) is 29.8 Å². The molecule has 2 aromatic rings. The highest BCUT2D eigenvalue weighted by Gasteiger charge is 2.29. The van der Waals surface area contributed by atoms with Crippen LogP contribution in [0.5, 0.6) is 0 Å². The first kappa shape index (κ1) is 19.9. The van der Waals surface area contributed by atoms with Crippen molar-refractivity contribution < 1.29 is 4.79 Å². The molecule has 5 rings (SSSR count). The van der Waals surface area contributed by atoms with Gasteiger partial charge in [-0.15, -0.1) is 0 Å². The minimum Gasteiger partial charge on any atom is -0.369 e. The van der Waals surface area contributed by atoms with Crippen molar-refractivity contribution in [1.29, 1.82) is 0 Å². The zero-order valence-electron chi connectivity index (χ0n) is 17.7. The van der Waals surface area contributed by atoms with Gasteiger partial charge in [0.1, 0.15) is 11.6 Å². The molecule has 1 amide bonds. The highest BCUT2D eigenvalue weighted by molar-refractivity contribution is 5.78. The van der Waals surface area contributed by atoms with Crippen LogP contribution in [-0.2, 0) is 11.2 Å². The largest absolute Gasteiger partial charge is 0.369 e. The van der Waals surface area contributed by atoms with E-state index in [0.29, 0.717) is 12.5 Å². The predicted molar refractivity (Wildman–Crippen MR) is 123 cm³/mol. The van der Waals surface area contributed by atoms with Crippen molar-refractivity contribution >= 4 is 34.9 Å². The molecule has 5 N–H and O–H groups in total. The molecule has 1 unspecified atom stereocenters. The number of hydrogen-bond donors (Lipinski definition) is 4. The molecule has 0 bridgehead atoms. The van der Waals surface area contributed by atoms with E-state index in [2.05, 4.69) is 50.0 Å². The number of amides is 1. The van der Waals surface area contributed by atoms with E-state index in [1.54, 1.807) is 0 Å². The molecule has 1 atom stereocenters.